The minimum absolute atomic E-state index is 0. The maximum atomic E-state index is 12.1. The molecular weight excluding hydrogens is 284 g/mol. The highest BCUT2D eigenvalue weighted by molar-refractivity contribution is 7.14. The summed E-state index contributed by atoms with van der Waals surface area (Å²) in [4.78, 5) is 16.4. The van der Waals surface area contributed by atoms with E-state index in [2.05, 4.69) is 4.90 Å². The summed E-state index contributed by atoms with van der Waals surface area (Å²) in [7, 11) is 0. The summed E-state index contributed by atoms with van der Waals surface area (Å²) >= 11 is 1.60. The number of rotatable bonds is 1. The van der Waals surface area contributed by atoms with Crippen LogP contribution in [-0.2, 0) is 4.74 Å². The van der Waals surface area contributed by atoms with Crippen LogP contribution in [0.3, 0.4) is 0 Å². The van der Waals surface area contributed by atoms with Crippen molar-refractivity contribution in [3.05, 3.63) is 17.5 Å². The molecule has 19 heavy (non-hydrogen) atoms. The Kier molecular flexibility index (Phi) is 3.23. The van der Waals surface area contributed by atoms with Gasteiger partial charge in [0, 0.05) is 12.5 Å². The molecule has 5 heterocycles. The summed E-state index contributed by atoms with van der Waals surface area (Å²) in [5.41, 5.74) is -0.239. The molecule has 1 spiro atoms. The van der Waals surface area contributed by atoms with Gasteiger partial charge in [-0.2, -0.15) is 0 Å². The molecule has 1 atom stereocenters. The van der Waals surface area contributed by atoms with Crippen molar-refractivity contribution in [1.29, 1.82) is 0 Å². The minimum atomic E-state index is -0.239. The van der Waals surface area contributed by atoms with Crippen molar-refractivity contribution in [2.45, 2.75) is 18.4 Å². The van der Waals surface area contributed by atoms with Gasteiger partial charge in [0.05, 0.1) is 6.54 Å². The van der Waals surface area contributed by atoms with Crippen LogP contribution in [0.2, 0.25) is 0 Å². The number of piperidine rings is 3. The molecule has 4 aliphatic heterocycles. The summed E-state index contributed by atoms with van der Waals surface area (Å²) < 4.78 is 5.81. The Balaban J connectivity index is 0.00000110. The lowest BCUT2D eigenvalue weighted by Crippen LogP contribution is -2.61. The fourth-order valence-electron chi connectivity index (χ4n) is 3.60. The lowest BCUT2D eigenvalue weighted by atomic mass is 9.75. The Morgan fingerprint density at radius 3 is 2.68 bits per heavy atom. The van der Waals surface area contributed by atoms with Gasteiger partial charge >= 0.3 is 6.09 Å². The Labute approximate surface area is 122 Å². The van der Waals surface area contributed by atoms with Crippen LogP contribution < -0.4 is 4.90 Å². The van der Waals surface area contributed by atoms with Gasteiger partial charge in [0.15, 0.2) is 0 Å². The highest BCUT2D eigenvalue weighted by Crippen LogP contribution is 2.43. The minimum Gasteiger partial charge on any atom is -0.439 e. The maximum Gasteiger partial charge on any atom is 0.415 e. The van der Waals surface area contributed by atoms with Crippen LogP contribution in [0.15, 0.2) is 17.5 Å². The van der Waals surface area contributed by atoms with E-state index < -0.39 is 0 Å². The molecule has 1 amide bonds. The van der Waals surface area contributed by atoms with Crippen LogP contribution in [0.1, 0.15) is 12.8 Å². The molecule has 0 aromatic carbocycles. The Morgan fingerprint density at radius 1 is 1.32 bits per heavy atom. The standard InChI is InChI=1S/C13H16N2O2S.ClH/c16-12-15(11-2-1-7-18-11)9-13(17-12)8-14-5-3-10(13)4-6-14;/h1-2,7,10H,3-6,8-9H2;1H/t13-;/m1./s1. The normalized spacial score (nSPS) is 36.4. The van der Waals surface area contributed by atoms with E-state index in [1.807, 2.05) is 22.4 Å². The van der Waals surface area contributed by atoms with Gasteiger partial charge in [0.25, 0.3) is 0 Å². The predicted octanol–water partition coefficient (Wildman–Crippen LogP) is 2.59. The van der Waals surface area contributed by atoms with Crippen LogP contribution in [0, 0.1) is 5.92 Å². The Morgan fingerprint density at radius 2 is 2.11 bits per heavy atom. The van der Waals surface area contributed by atoms with Gasteiger partial charge in [0.2, 0.25) is 0 Å². The van der Waals surface area contributed by atoms with E-state index in [4.69, 9.17) is 4.74 Å². The molecule has 4 saturated heterocycles. The summed E-state index contributed by atoms with van der Waals surface area (Å²) in [6, 6.07) is 3.97. The fraction of sp³-hybridized carbons (Fsp3) is 0.615. The lowest BCUT2D eigenvalue weighted by molar-refractivity contribution is -0.0881. The number of amides is 1. The Hall–Kier alpha value is -0.780. The third kappa shape index (κ3) is 1.95. The van der Waals surface area contributed by atoms with Gasteiger partial charge in [-0.05, 0) is 43.4 Å². The molecule has 1 aromatic rings. The van der Waals surface area contributed by atoms with Gasteiger partial charge < -0.3 is 4.74 Å². The molecule has 1 aromatic heterocycles. The average Bonchev–Trinajstić information content (AvgIpc) is 2.99. The number of halogens is 1. The van der Waals surface area contributed by atoms with Crippen molar-refractivity contribution in [2.75, 3.05) is 31.1 Å². The molecular formula is C13H17ClN2O2S. The molecule has 5 rings (SSSR count). The molecule has 0 unspecified atom stereocenters. The largest absolute Gasteiger partial charge is 0.439 e. The molecule has 0 aliphatic carbocycles. The highest BCUT2D eigenvalue weighted by atomic mass is 35.5. The van der Waals surface area contributed by atoms with Gasteiger partial charge in [0.1, 0.15) is 10.6 Å². The monoisotopic (exact) mass is 300 g/mol. The molecule has 4 aliphatic rings. The molecule has 6 heteroatoms. The average molecular weight is 301 g/mol. The van der Waals surface area contributed by atoms with Gasteiger partial charge in [-0.1, -0.05) is 0 Å². The summed E-state index contributed by atoms with van der Waals surface area (Å²) in [5, 5.41) is 3.01. The Bertz CT molecular complexity index is 473. The van der Waals surface area contributed by atoms with E-state index in [0.29, 0.717) is 5.92 Å². The molecule has 4 nitrogen and oxygen atoms in total. The smallest absolute Gasteiger partial charge is 0.415 e. The van der Waals surface area contributed by atoms with Gasteiger partial charge in [-0.3, -0.25) is 9.80 Å². The number of fused-ring (bicyclic) bond motifs is 2. The van der Waals surface area contributed by atoms with Crippen LogP contribution in [0.4, 0.5) is 9.80 Å². The SMILES string of the molecule is Cl.O=C1O[C@]2(CN3CCC2CC3)CN1c1cccs1. The van der Waals surface area contributed by atoms with E-state index in [-0.39, 0.29) is 24.1 Å². The first-order valence-corrected chi connectivity index (χ1v) is 7.41. The van der Waals surface area contributed by atoms with Crippen LogP contribution in [0.25, 0.3) is 0 Å². The summed E-state index contributed by atoms with van der Waals surface area (Å²) in [6.07, 6.45) is 2.18. The first kappa shape index (κ1) is 13.2. The topological polar surface area (TPSA) is 32.8 Å². The number of carbonyl (C=O) groups excluding carboxylic acids is 1. The number of anilines is 1. The van der Waals surface area contributed by atoms with Crippen molar-refractivity contribution in [2.24, 2.45) is 5.92 Å². The van der Waals surface area contributed by atoms with Crippen LogP contribution >= 0.6 is 23.7 Å². The molecule has 4 fully saturated rings. The van der Waals surface area contributed by atoms with Gasteiger partial charge in [-0.25, -0.2) is 4.79 Å². The van der Waals surface area contributed by atoms with E-state index in [0.717, 1.165) is 18.1 Å². The molecule has 0 N–H and O–H groups in total. The second kappa shape index (κ2) is 4.65. The quantitative estimate of drug-likeness (QED) is 0.799. The van der Waals surface area contributed by atoms with Crippen molar-refractivity contribution in [3.8, 4) is 0 Å². The first-order valence-electron chi connectivity index (χ1n) is 6.53. The number of thiophene rings is 1. The summed E-state index contributed by atoms with van der Waals surface area (Å²) in [5.74, 6) is 0.552. The molecule has 104 valence electrons. The van der Waals surface area contributed by atoms with E-state index in [9.17, 15) is 4.79 Å². The third-order valence-corrected chi connectivity index (χ3v) is 5.42. The molecule has 0 saturated carbocycles. The number of hydrogen-bond acceptors (Lipinski definition) is 4. The third-order valence-electron chi connectivity index (χ3n) is 4.53. The number of hydrogen-bond donors (Lipinski definition) is 0. The number of carbonyl (C=O) groups is 1. The van der Waals surface area contributed by atoms with E-state index >= 15 is 0 Å². The lowest BCUT2D eigenvalue weighted by Gasteiger charge is -2.49. The molecule has 0 radical (unpaired) electrons. The van der Waals surface area contributed by atoms with E-state index in [1.165, 1.54) is 25.9 Å². The van der Waals surface area contributed by atoms with Crippen LogP contribution in [0.5, 0.6) is 0 Å². The van der Waals surface area contributed by atoms with Crippen molar-refractivity contribution >= 4 is 34.8 Å². The van der Waals surface area contributed by atoms with E-state index in [1.54, 1.807) is 11.3 Å². The second-order valence-electron chi connectivity index (χ2n) is 5.52. The highest BCUT2D eigenvalue weighted by Gasteiger charge is 2.55. The van der Waals surface area contributed by atoms with Gasteiger partial charge in [-0.15, -0.1) is 23.7 Å². The van der Waals surface area contributed by atoms with Crippen LogP contribution in [-0.4, -0.2) is 42.8 Å². The predicted molar refractivity (Wildman–Crippen MR) is 77.3 cm³/mol. The number of nitrogens with zero attached hydrogens (tertiary/aromatic N) is 2. The number of ether oxygens (including phenoxy) is 1. The first-order chi connectivity index (χ1) is 8.77. The van der Waals surface area contributed by atoms with Crippen molar-refractivity contribution in [3.63, 3.8) is 0 Å². The zero-order valence-corrected chi connectivity index (χ0v) is 12.2. The maximum absolute atomic E-state index is 12.1. The fourth-order valence-corrected chi connectivity index (χ4v) is 4.32. The van der Waals surface area contributed by atoms with Crippen molar-refractivity contribution < 1.29 is 9.53 Å². The second-order valence-corrected chi connectivity index (χ2v) is 6.45. The summed E-state index contributed by atoms with van der Waals surface area (Å²) in [6.45, 7) is 3.99. The molecule has 2 bridgehead atoms. The van der Waals surface area contributed by atoms with Crippen molar-refractivity contribution in [1.82, 2.24) is 4.90 Å². The zero-order chi connectivity index (χ0) is 12.2. The zero-order valence-electron chi connectivity index (χ0n) is 10.6.